The Balaban J connectivity index is 1.70. The van der Waals surface area contributed by atoms with Gasteiger partial charge < -0.3 is 9.73 Å². The fraction of sp³-hybridized carbons (Fsp3) is 0.176. The van der Waals surface area contributed by atoms with Crippen LogP contribution in [0.3, 0.4) is 0 Å². The van der Waals surface area contributed by atoms with Crippen LogP contribution in [0.4, 0.5) is 5.69 Å². The van der Waals surface area contributed by atoms with Crippen LogP contribution in [0.2, 0.25) is 5.02 Å². The summed E-state index contributed by atoms with van der Waals surface area (Å²) in [4.78, 5) is 0. The van der Waals surface area contributed by atoms with Crippen LogP contribution in [0.5, 0.6) is 0 Å². The Morgan fingerprint density at radius 2 is 1.91 bits per heavy atom. The van der Waals surface area contributed by atoms with Gasteiger partial charge in [-0.1, -0.05) is 23.7 Å². The van der Waals surface area contributed by atoms with Crippen LogP contribution >= 0.6 is 11.6 Å². The first-order chi connectivity index (χ1) is 10.6. The van der Waals surface area contributed by atoms with Gasteiger partial charge in [0.05, 0.1) is 6.54 Å². The first kappa shape index (κ1) is 14.6. The molecule has 0 unspecified atom stereocenters. The van der Waals surface area contributed by atoms with Crippen LogP contribution < -0.4 is 5.32 Å². The minimum atomic E-state index is 0.472. The second-order valence-electron chi connectivity index (χ2n) is 5.16. The summed E-state index contributed by atoms with van der Waals surface area (Å²) in [6, 6.07) is 13.6. The van der Waals surface area contributed by atoms with Gasteiger partial charge in [-0.05, 0) is 55.3 Å². The van der Waals surface area contributed by atoms with E-state index in [1.807, 2.05) is 24.3 Å². The summed E-state index contributed by atoms with van der Waals surface area (Å²) >= 11 is 5.97. The van der Waals surface area contributed by atoms with Gasteiger partial charge in [0.15, 0.2) is 0 Å². The molecule has 1 N–H and O–H groups in total. The summed E-state index contributed by atoms with van der Waals surface area (Å²) in [6.07, 6.45) is 0. The second-order valence-corrected chi connectivity index (χ2v) is 5.60. The number of aryl methyl sites for hydroxylation is 2. The van der Waals surface area contributed by atoms with Gasteiger partial charge in [0.25, 0.3) is 0 Å². The van der Waals surface area contributed by atoms with E-state index in [1.165, 1.54) is 11.1 Å². The highest BCUT2D eigenvalue weighted by atomic mass is 35.5. The molecule has 4 nitrogen and oxygen atoms in total. The Labute approximate surface area is 134 Å². The van der Waals surface area contributed by atoms with E-state index in [1.54, 1.807) is 6.07 Å². The van der Waals surface area contributed by atoms with Crippen molar-refractivity contribution in [2.24, 2.45) is 0 Å². The van der Waals surface area contributed by atoms with Crippen LogP contribution in [-0.2, 0) is 6.54 Å². The normalized spacial score (nSPS) is 10.7. The van der Waals surface area contributed by atoms with Gasteiger partial charge in [0.2, 0.25) is 11.8 Å². The molecule has 0 spiro atoms. The number of anilines is 1. The molecule has 1 aromatic heterocycles. The molecule has 112 valence electrons. The lowest BCUT2D eigenvalue weighted by Gasteiger charge is -2.06. The van der Waals surface area contributed by atoms with Crippen LogP contribution in [0.25, 0.3) is 11.5 Å². The number of benzene rings is 2. The van der Waals surface area contributed by atoms with Crippen molar-refractivity contribution < 1.29 is 4.42 Å². The first-order valence-electron chi connectivity index (χ1n) is 7.01. The Hall–Kier alpha value is -2.33. The third-order valence-corrected chi connectivity index (χ3v) is 3.72. The minimum absolute atomic E-state index is 0.472. The molecular formula is C17H16ClN3O. The van der Waals surface area contributed by atoms with Gasteiger partial charge >= 0.3 is 0 Å². The van der Waals surface area contributed by atoms with E-state index < -0.39 is 0 Å². The molecule has 3 rings (SSSR count). The first-order valence-corrected chi connectivity index (χ1v) is 7.39. The number of hydrogen-bond acceptors (Lipinski definition) is 4. The van der Waals surface area contributed by atoms with Crippen molar-refractivity contribution in [3.05, 3.63) is 64.5 Å². The molecule has 0 atom stereocenters. The molecule has 0 aliphatic heterocycles. The number of aromatic nitrogens is 2. The van der Waals surface area contributed by atoms with Crippen molar-refractivity contribution in [3.63, 3.8) is 0 Å². The van der Waals surface area contributed by atoms with E-state index in [2.05, 4.69) is 41.5 Å². The van der Waals surface area contributed by atoms with E-state index in [-0.39, 0.29) is 0 Å². The Kier molecular flexibility index (Phi) is 4.11. The Morgan fingerprint density at radius 1 is 1.05 bits per heavy atom. The number of hydrogen-bond donors (Lipinski definition) is 1. The summed E-state index contributed by atoms with van der Waals surface area (Å²) in [5, 5.41) is 12.0. The molecule has 3 aromatic rings. The highest BCUT2D eigenvalue weighted by Crippen LogP contribution is 2.22. The van der Waals surface area contributed by atoms with Crippen LogP contribution in [0.15, 0.2) is 46.9 Å². The zero-order chi connectivity index (χ0) is 15.5. The summed E-state index contributed by atoms with van der Waals surface area (Å²) in [5.41, 5.74) is 4.37. The van der Waals surface area contributed by atoms with Gasteiger partial charge in [-0.2, -0.15) is 0 Å². The van der Waals surface area contributed by atoms with Crippen molar-refractivity contribution in [1.29, 1.82) is 0 Å². The molecule has 0 aliphatic rings. The molecule has 0 saturated carbocycles. The third-order valence-electron chi connectivity index (χ3n) is 3.49. The largest absolute Gasteiger partial charge is 0.419 e. The highest BCUT2D eigenvalue weighted by molar-refractivity contribution is 6.30. The topological polar surface area (TPSA) is 51.0 Å². The monoisotopic (exact) mass is 313 g/mol. The van der Waals surface area contributed by atoms with Gasteiger partial charge in [0, 0.05) is 16.3 Å². The van der Waals surface area contributed by atoms with E-state index in [4.69, 9.17) is 16.0 Å². The maximum Gasteiger partial charge on any atom is 0.247 e. The molecule has 0 fully saturated rings. The highest BCUT2D eigenvalue weighted by Gasteiger charge is 2.08. The van der Waals surface area contributed by atoms with Crippen molar-refractivity contribution >= 4 is 17.3 Å². The van der Waals surface area contributed by atoms with E-state index in [0.29, 0.717) is 23.3 Å². The molecule has 0 saturated heterocycles. The van der Waals surface area contributed by atoms with Gasteiger partial charge in [-0.15, -0.1) is 10.2 Å². The molecule has 0 radical (unpaired) electrons. The Morgan fingerprint density at radius 3 is 2.68 bits per heavy atom. The predicted molar refractivity (Wildman–Crippen MR) is 88.0 cm³/mol. The Bertz CT molecular complexity index is 798. The standard InChI is InChI=1S/C17H16ClN3O/c1-11-6-7-15(8-12(11)2)19-10-16-20-21-17(22-16)13-4-3-5-14(18)9-13/h3-9,19H,10H2,1-2H3. The van der Waals surface area contributed by atoms with Gasteiger partial charge in [-0.25, -0.2) is 0 Å². The fourth-order valence-corrected chi connectivity index (χ4v) is 2.28. The summed E-state index contributed by atoms with van der Waals surface area (Å²) in [6.45, 7) is 4.66. The average Bonchev–Trinajstić information content (AvgIpc) is 2.97. The molecule has 2 aromatic carbocycles. The summed E-state index contributed by atoms with van der Waals surface area (Å²) in [7, 11) is 0. The number of nitrogens with one attached hydrogen (secondary N) is 1. The van der Waals surface area contributed by atoms with E-state index in [0.717, 1.165) is 11.3 Å². The SMILES string of the molecule is Cc1ccc(NCc2nnc(-c3cccc(Cl)c3)o2)cc1C. The van der Waals surface area contributed by atoms with Crippen molar-refractivity contribution in [2.75, 3.05) is 5.32 Å². The average molecular weight is 314 g/mol. The van der Waals surface area contributed by atoms with Crippen LogP contribution in [0.1, 0.15) is 17.0 Å². The zero-order valence-electron chi connectivity index (χ0n) is 12.4. The van der Waals surface area contributed by atoms with E-state index in [9.17, 15) is 0 Å². The molecule has 0 aliphatic carbocycles. The fourth-order valence-electron chi connectivity index (χ4n) is 2.09. The van der Waals surface area contributed by atoms with Crippen molar-refractivity contribution in [3.8, 4) is 11.5 Å². The lowest BCUT2D eigenvalue weighted by Crippen LogP contribution is -2.00. The lowest BCUT2D eigenvalue weighted by molar-refractivity contribution is 0.515. The maximum atomic E-state index is 5.97. The number of nitrogens with zero attached hydrogens (tertiary/aromatic N) is 2. The maximum absolute atomic E-state index is 5.97. The molecule has 0 bridgehead atoms. The molecule has 22 heavy (non-hydrogen) atoms. The van der Waals surface area contributed by atoms with Crippen LogP contribution in [0, 0.1) is 13.8 Å². The van der Waals surface area contributed by atoms with Gasteiger partial charge in [0.1, 0.15) is 0 Å². The van der Waals surface area contributed by atoms with Crippen molar-refractivity contribution in [1.82, 2.24) is 10.2 Å². The molecular weight excluding hydrogens is 298 g/mol. The lowest BCUT2D eigenvalue weighted by atomic mass is 10.1. The molecule has 5 heteroatoms. The van der Waals surface area contributed by atoms with E-state index >= 15 is 0 Å². The quantitative estimate of drug-likeness (QED) is 0.763. The van der Waals surface area contributed by atoms with Crippen LogP contribution in [-0.4, -0.2) is 10.2 Å². The minimum Gasteiger partial charge on any atom is -0.419 e. The molecule has 0 amide bonds. The zero-order valence-corrected chi connectivity index (χ0v) is 13.2. The number of halogens is 1. The van der Waals surface area contributed by atoms with Crippen molar-refractivity contribution in [2.45, 2.75) is 20.4 Å². The molecule has 1 heterocycles. The second kappa shape index (κ2) is 6.20. The summed E-state index contributed by atoms with van der Waals surface area (Å²) < 4.78 is 5.66. The number of rotatable bonds is 4. The summed E-state index contributed by atoms with van der Waals surface area (Å²) in [5.74, 6) is 1.01. The van der Waals surface area contributed by atoms with Gasteiger partial charge in [-0.3, -0.25) is 0 Å². The third kappa shape index (κ3) is 3.28. The predicted octanol–water partition coefficient (Wildman–Crippen LogP) is 4.62. The smallest absolute Gasteiger partial charge is 0.247 e.